The van der Waals surface area contributed by atoms with Crippen LogP contribution in [-0.2, 0) is 25.5 Å². The van der Waals surface area contributed by atoms with E-state index in [4.69, 9.17) is 4.74 Å². The molecule has 0 aliphatic rings. The molecule has 0 aliphatic carbocycles. The SMILES string of the molecule is O=C(/C=C/C(=O)OCC(F)(F)C(F)F)OCCCc1ccccc1. The lowest BCUT2D eigenvalue weighted by Gasteiger charge is -2.13. The Bertz CT molecular complexity index is 558. The van der Waals surface area contributed by atoms with Crippen molar-refractivity contribution in [2.24, 2.45) is 0 Å². The van der Waals surface area contributed by atoms with Crippen molar-refractivity contribution >= 4 is 11.9 Å². The number of hydrogen-bond donors (Lipinski definition) is 0. The molecule has 0 atom stereocenters. The van der Waals surface area contributed by atoms with Gasteiger partial charge in [-0.05, 0) is 18.4 Å². The average molecular weight is 348 g/mol. The molecule has 0 saturated heterocycles. The highest BCUT2D eigenvalue weighted by Crippen LogP contribution is 2.22. The first-order chi connectivity index (χ1) is 11.3. The van der Waals surface area contributed by atoms with E-state index in [1.165, 1.54) is 0 Å². The van der Waals surface area contributed by atoms with E-state index in [2.05, 4.69) is 4.74 Å². The number of alkyl halides is 4. The first kappa shape index (κ1) is 19.7. The Morgan fingerprint density at radius 3 is 2.21 bits per heavy atom. The lowest BCUT2D eigenvalue weighted by atomic mass is 10.1. The number of benzene rings is 1. The van der Waals surface area contributed by atoms with Gasteiger partial charge in [-0.3, -0.25) is 0 Å². The highest BCUT2D eigenvalue weighted by Gasteiger charge is 2.42. The van der Waals surface area contributed by atoms with Crippen molar-refractivity contribution in [3.63, 3.8) is 0 Å². The summed E-state index contributed by atoms with van der Waals surface area (Å²) in [6.07, 6.45) is -1.45. The number of aryl methyl sites for hydroxylation is 1. The van der Waals surface area contributed by atoms with Crippen molar-refractivity contribution in [3.05, 3.63) is 48.0 Å². The van der Waals surface area contributed by atoms with Crippen LogP contribution < -0.4 is 0 Å². The topological polar surface area (TPSA) is 52.6 Å². The van der Waals surface area contributed by atoms with Crippen molar-refractivity contribution in [1.29, 1.82) is 0 Å². The zero-order valence-corrected chi connectivity index (χ0v) is 12.6. The van der Waals surface area contributed by atoms with Gasteiger partial charge in [-0.1, -0.05) is 30.3 Å². The van der Waals surface area contributed by atoms with Gasteiger partial charge in [-0.15, -0.1) is 0 Å². The summed E-state index contributed by atoms with van der Waals surface area (Å²) in [5, 5.41) is 0. The fourth-order valence-corrected chi connectivity index (χ4v) is 1.56. The second-order valence-corrected chi connectivity index (χ2v) is 4.76. The Labute approximate surface area is 136 Å². The second-order valence-electron chi connectivity index (χ2n) is 4.76. The number of carbonyl (C=O) groups excluding carboxylic acids is 2. The molecule has 0 amide bonds. The molecule has 4 nitrogen and oxygen atoms in total. The predicted octanol–water partition coefficient (Wildman–Crippen LogP) is 3.16. The van der Waals surface area contributed by atoms with Crippen molar-refractivity contribution in [3.8, 4) is 0 Å². The minimum Gasteiger partial charge on any atom is -0.463 e. The van der Waals surface area contributed by atoms with Crippen LogP contribution in [0.15, 0.2) is 42.5 Å². The minimum absolute atomic E-state index is 0.108. The Balaban J connectivity index is 2.21. The molecule has 132 valence electrons. The van der Waals surface area contributed by atoms with Gasteiger partial charge in [0.05, 0.1) is 6.61 Å². The van der Waals surface area contributed by atoms with Gasteiger partial charge in [0.2, 0.25) is 0 Å². The molecular formula is C16H16F4O4. The van der Waals surface area contributed by atoms with Crippen LogP contribution in [0.3, 0.4) is 0 Å². The Hall–Kier alpha value is -2.38. The summed E-state index contributed by atoms with van der Waals surface area (Å²) in [5.74, 6) is -6.63. The lowest BCUT2D eigenvalue weighted by Crippen LogP contribution is -2.33. The summed E-state index contributed by atoms with van der Waals surface area (Å²) in [6, 6.07) is 9.49. The molecular weight excluding hydrogens is 332 g/mol. The van der Waals surface area contributed by atoms with Crippen LogP contribution >= 0.6 is 0 Å². The fraction of sp³-hybridized carbons (Fsp3) is 0.375. The maximum absolute atomic E-state index is 12.5. The summed E-state index contributed by atoms with van der Waals surface area (Å²) < 4.78 is 57.4. The van der Waals surface area contributed by atoms with Crippen LogP contribution in [0.1, 0.15) is 12.0 Å². The van der Waals surface area contributed by atoms with Gasteiger partial charge < -0.3 is 9.47 Å². The zero-order chi connectivity index (χ0) is 18.0. The summed E-state index contributed by atoms with van der Waals surface area (Å²) in [4.78, 5) is 22.3. The summed E-state index contributed by atoms with van der Waals surface area (Å²) in [7, 11) is 0. The van der Waals surface area contributed by atoms with Gasteiger partial charge in [-0.25, -0.2) is 18.4 Å². The fourth-order valence-electron chi connectivity index (χ4n) is 1.56. The van der Waals surface area contributed by atoms with E-state index < -0.39 is 30.9 Å². The molecule has 0 N–H and O–H groups in total. The summed E-state index contributed by atoms with van der Waals surface area (Å²) in [6.45, 7) is -1.66. The highest BCUT2D eigenvalue weighted by molar-refractivity contribution is 5.91. The minimum atomic E-state index is -4.43. The molecule has 0 bridgehead atoms. The lowest BCUT2D eigenvalue weighted by molar-refractivity contribution is -0.176. The van der Waals surface area contributed by atoms with Gasteiger partial charge in [0.15, 0.2) is 6.61 Å². The second kappa shape index (κ2) is 9.69. The van der Waals surface area contributed by atoms with Crippen LogP contribution in [0.5, 0.6) is 0 Å². The van der Waals surface area contributed by atoms with Gasteiger partial charge >= 0.3 is 24.3 Å². The molecule has 0 spiro atoms. The smallest absolute Gasteiger partial charge is 0.340 e. The third-order valence-electron chi connectivity index (χ3n) is 2.78. The van der Waals surface area contributed by atoms with Crippen LogP contribution in [0.4, 0.5) is 17.6 Å². The summed E-state index contributed by atoms with van der Waals surface area (Å²) in [5.41, 5.74) is 1.08. The molecule has 0 aromatic heterocycles. The monoisotopic (exact) mass is 348 g/mol. The van der Waals surface area contributed by atoms with Crippen molar-refractivity contribution < 1.29 is 36.6 Å². The molecule has 0 fully saturated rings. The maximum Gasteiger partial charge on any atom is 0.340 e. The van der Waals surface area contributed by atoms with E-state index in [9.17, 15) is 27.2 Å². The highest BCUT2D eigenvalue weighted by atomic mass is 19.3. The van der Waals surface area contributed by atoms with Crippen LogP contribution in [-0.4, -0.2) is 37.5 Å². The molecule has 0 unspecified atom stereocenters. The van der Waals surface area contributed by atoms with Crippen molar-refractivity contribution in [2.45, 2.75) is 25.2 Å². The number of ether oxygens (including phenoxy) is 2. The van der Waals surface area contributed by atoms with Crippen LogP contribution in [0.2, 0.25) is 0 Å². The Morgan fingerprint density at radius 2 is 1.62 bits per heavy atom. The normalized spacial score (nSPS) is 11.7. The summed E-state index contributed by atoms with van der Waals surface area (Å²) >= 11 is 0. The third-order valence-corrected chi connectivity index (χ3v) is 2.78. The molecule has 0 radical (unpaired) electrons. The molecule has 0 saturated carbocycles. The van der Waals surface area contributed by atoms with Crippen molar-refractivity contribution in [1.82, 2.24) is 0 Å². The molecule has 1 aromatic carbocycles. The van der Waals surface area contributed by atoms with E-state index >= 15 is 0 Å². The van der Waals surface area contributed by atoms with Crippen LogP contribution in [0.25, 0.3) is 0 Å². The molecule has 8 heteroatoms. The van der Waals surface area contributed by atoms with Crippen molar-refractivity contribution in [2.75, 3.05) is 13.2 Å². The molecule has 0 aliphatic heterocycles. The van der Waals surface area contributed by atoms with E-state index in [0.717, 1.165) is 5.56 Å². The number of carbonyl (C=O) groups is 2. The number of halogens is 4. The van der Waals surface area contributed by atoms with E-state index in [0.29, 0.717) is 25.0 Å². The van der Waals surface area contributed by atoms with Gasteiger partial charge in [0.1, 0.15) is 0 Å². The van der Waals surface area contributed by atoms with Gasteiger partial charge in [0, 0.05) is 12.2 Å². The maximum atomic E-state index is 12.5. The standard InChI is InChI=1S/C16H16F4O4/c17-15(18)16(19,20)11-24-14(22)9-8-13(21)23-10-4-7-12-5-2-1-3-6-12/h1-3,5-6,8-9,15H,4,7,10-11H2/b9-8+. The molecule has 1 aromatic rings. The quantitative estimate of drug-likeness (QED) is 0.298. The van der Waals surface area contributed by atoms with Gasteiger partial charge in [-0.2, -0.15) is 8.78 Å². The zero-order valence-electron chi connectivity index (χ0n) is 12.6. The van der Waals surface area contributed by atoms with E-state index in [-0.39, 0.29) is 6.61 Å². The number of esters is 2. The average Bonchev–Trinajstić information content (AvgIpc) is 2.56. The molecule has 1 rings (SSSR count). The number of rotatable bonds is 9. The number of hydrogen-bond acceptors (Lipinski definition) is 4. The first-order valence-electron chi connectivity index (χ1n) is 7.03. The third kappa shape index (κ3) is 7.75. The predicted molar refractivity (Wildman–Crippen MR) is 76.8 cm³/mol. The molecule has 24 heavy (non-hydrogen) atoms. The Kier molecular flexibility index (Phi) is 7.94. The Morgan fingerprint density at radius 1 is 1.04 bits per heavy atom. The molecule has 0 heterocycles. The largest absolute Gasteiger partial charge is 0.463 e. The first-order valence-corrected chi connectivity index (χ1v) is 7.03. The van der Waals surface area contributed by atoms with E-state index in [1.54, 1.807) is 0 Å². The van der Waals surface area contributed by atoms with Gasteiger partial charge in [0.25, 0.3) is 0 Å². The van der Waals surface area contributed by atoms with E-state index in [1.807, 2.05) is 30.3 Å². The van der Waals surface area contributed by atoms with Crippen LogP contribution in [0, 0.1) is 0 Å².